The molecule has 110 valence electrons. The summed E-state index contributed by atoms with van der Waals surface area (Å²) < 4.78 is 5.40. The molecule has 0 amide bonds. The van der Waals surface area contributed by atoms with Crippen LogP contribution >= 0.6 is 11.8 Å². The van der Waals surface area contributed by atoms with Crippen LogP contribution < -0.4 is 5.32 Å². The zero-order valence-electron chi connectivity index (χ0n) is 12.8. The number of thioether (sulfide) groups is 1. The van der Waals surface area contributed by atoms with Crippen molar-refractivity contribution < 1.29 is 4.52 Å². The minimum atomic E-state index is 0.467. The summed E-state index contributed by atoms with van der Waals surface area (Å²) in [4.78, 5) is 2.34. The van der Waals surface area contributed by atoms with Crippen LogP contribution in [0.5, 0.6) is 0 Å². The number of nitrogens with one attached hydrogen (secondary N) is 1. The summed E-state index contributed by atoms with van der Waals surface area (Å²) in [5.74, 6) is 2.10. The molecule has 1 heterocycles. The van der Waals surface area contributed by atoms with E-state index in [1.807, 2.05) is 11.8 Å². The molecule has 0 aliphatic carbocycles. The highest BCUT2D eigenvalue weighted by Gasteiger charge is 2.14. The fourth-order valence-corrected chi connectivity index (χ4v) is 2.82. The fourth-order valence-electron chi connectivity index (χ4n) is 1.95. The molecule has 0 bridgehead atoms. The molecule has 0 aliphatic rings. The Hall–Kier alpha value is -0.520. The van der Waals surface area contributed by atoms with E-state index in [2.05, 4.69) is 55.5 Å². The molecule has 0 saturated heterocycles. The van der Waals surface area contributed by atoms with Crippen LogP contribution in [0.3, 0.4) is 0 Å². The highest BCUT2D eigenvalue weighted by atomic mass is 32.2. The smallest absolute Gasteiger partial charge is 0.151 e. The van der Waals surface area contributed by atoms with Gasteiger partial charge in [-0.15, -0.1) is 0 Å². The van der Waals surface area contributed by atoms with Crippen molar-refractivity contribution in [2.24, 2.45) is 0 Å². The molecule has 1 N–H and O–H groups in total. The average Bonchev–Trinajstić information content (AvgIpc) is 2.81. The van der Waals surface area contributed by atoms with Crippen molar-refractivity contribution in [2.45, 2.75) is 52.4 Å². The van der Waals surface area contributed by atoms with E-state index in [0.29, 0.717) is 12.1 Å². The third-order valence-corrected chi connectivity index (χ3v) is 3.88. The Morgan fingerprint density at radius 3 is 2.79 bits per heavy atom. The Kier molecular flexibility index (Phi) is 7.49. The Morgan fingerprint density at radius 1 is 1.47 bits per heavy atom. The van der Waals surface area contributed by atoms with Gasteiger partial charge in [-0.1, -0.05) is 25.9 Å². The molecule has 1 unspecified atom stereocenters. The van der Waals surface area contributed by atoms with Gasteiger partial charge < -0.3 is 9.84 Å². The summed E-state index contributed by atoms with van der Waals surface area (Å²) in [7, 11) is 2.15. The summed E-state index contributed by atoms with van der Waals surface area (Å²) in [6.45, 7) is 8.09. The van der Waals surface area contributed by atoms with E-state index in [9.17, 15) is 0 Å². The van der Waals surface area contributed by atoms with Crippen LogP contribution in [0.2, 0.25) is 0 Å². The van der Waals surface area contributed by atoms with Crippen LogP contribution in [0.15, 0.2) is 10.6 Å². The van der Waals surface area contributed by atoms with Gasteiger partial charge in [-0.05, 0) is 19.7 Å². The van der Waals surface area contributed by atoms with Crippen LogP contribution in [-0.4, -0.2) is 41.2 Å². The van der Waals surface area contributed by atoms with Gasteiger partial charge in [-0.3, -0.25) is 4.90 Å². The van der Waals surface area contributed by atoms with Gasteiger partial charge in [0.05, 0.1) is 12.2 Å². The van der Waals surface area contributed by atoms with Crippen molar-refractivity contribution in [1.29, 1.82) is 0 Å². The molecule has 0 aliphatic heterocycles. The van der Waals surface area contributed by atoms with Crippen molar-refractivity contribution in [3.8, 4) is 0 Å². The largest absolute Gasteiger partial charge is 0.360 e. The molecular formula is C14H27N3OS. The zero-order valence-corrected chi connectivity index (χ0v) is 13.6. The number of nitrogens with zero attached hydrogens (tertiary/aromatic N) is 2. The first-order valence-electron chi connectivity index (χ1n) is 6.93. The maximum absolute atomic E-state index is 5.40. The third kappa shape index (κ3) is 5.97. The Balaban J connectivity index is 2.47. The van der Waals surface area contributed by atoms with E-state index in [1.54, 1.807) is 0 Å². The van der Waals surface area contributed by atoms with Crippen molar-refractivity contribution in [1.82, 2.24) is 15.4 Å². The molecule has 4 nitrogen and oxygen atoms in total. The first-order chi connectivity index (χ1) is 9.06. The lowest BCUT2D eigenvalue weighted by atomic mass is 10.2. The summed E-state index contributed by atoms with van der Waals surface area (Å²) >= 11 is 1.89. The van der Waals surface area contributed by atoms with E-state index in [1.165, 1.54) is 0 Å². The number of aromatic nitrogens is 1. The predicted molar refractivity (Wildman–Crippen MR) is 82.4 cm³/mol. The van der Waals surface area contributed by atoms with Gasteiger partial charge in [-0.25, -0.2) is 0 Å². The molecular weight excluding hydrogens is 258 g/mol. The predicted octanol–water partition coefficient (Wildman–Crippen LogP) is 2.75. The van der Waals surface area contributed by atoms with Gasteiger partial charge in [0.25, 0.3) is 0 Å². The lowest BCUT2D eigenvalue weighted by molar-refractivity contribution is 0.217. The molecule has 0 aromatic carbocycles. The van der Waals surface area contributed by atoms with Gasteiger partial charge in [0.1, 0.15) is 0 Å². The summed E-state index contributed by atoms with van der Waals surface area (Å²) in [5.41, 5.74) is 0.981. The van der Waals surface area contributed by atoms with Crippen molar-refractivity contribution >= 4 is 11.8 Å². The highest BCUT2D eigenvalue weighted by molar-refractivity contribution is 7.98. The number of rotatable bonds is 9. The van der Waals surface area contributed by atoms with Gasteiger partial charge in [0, 0.05) is 30.4 Å². The lowest BCUT2D eigenvalue weighted by Crippen LogP contribution is -2.32. The molecule has 1 aromatic rings. The van der Waals surface area contributed by atoms with E-state index in [0.717, 1.165) is 36.7 Å². The van der Waals surface area contributed by atoms with Gasteiger partial charge in [0.2, 0.25) is 0 Å². The van der Waals surface area contributed by atoms with Gasteiger partial charge >= 0.3 is 0 Å². The first kappa shape index (κ1) is 16.5. The monoisotopic (exact) mass is 285 g/mol. The quantitative estimate of drug-likeness (QED) is 0.755. The maximum Gasteiger partial charge on any atom is 0.151 e. The van der Waals surface area contributed by atoms with Gasteiger partial charge in [0.15, 0.2) is 5.76 Å². The van der Waals surface area contributed by atoms with Crippen LogP contribution in [0.25, 0.3) is 0 Å². The second kappa shape index (κ2) is 8.61. The normalized spacial score (nSPS) is 13.4. The highest BCUT2D eigenvalue weighted by Crippen LogP contribution is 2.13. The Labute approximate surface area is 121 Å². The van der Waals surface area contributed by atoms with Crippen LogP contribution in [0, 0.1) is 0 Å². The molecule has 0 saturated carbocycles. The standard InChI is InChI=1S/C14H27N3OS/c1-6-13(10-19-5)17(4)9-14-7-12(16-18-14)8-15-11(2)3/h7,11,13,15H,6,8-10H2,1-5H3. The lowest BCUT2D eigenvalue weighted by Gasteiger charge is -2.25. The summed E-state index contributed by atoms with van der Waals surface area (Å²) in [5, 5.41) is 7.45. The second-order valence-electron chi connectivity index (χ2n) is 5.25. The van der Waals surface area contributed by atoms with E-state index in [-0.39, 0.29) is 0 Å². The molecule has 1 aromatic heterocycles. The Morgan fingerprint density at radius 2 is 2.21 bits per heavy atom. The second-order valence-corrected chi connectivity index (χ2v) is 6.16. The number of hydrogen-bond acceptors (Lipinski definition) is 5. The molecule has 0 spiro atoms. The average molecular weight is 285 g/mol. The molecule has 5 heteroatoms. The summed E-state index contributed by atoms with van der Waals surface area (Å²) in [6, 6.07) is 3.11. The molecule has 1 atom stereocenters. The zero-order chi connectivity index (χ0) is 14.3. The van der Waals surface area contributed by atoms with Crippen molar-refractivity contribution in [3.05, 3.63) is 17.5 Å². The van der Waals surface area contributed by atoms with Crippen LogP contribution in [-0.2, 0) is 13.1 Å². The molecule has 1 rings (SSSR count). The minimum absolute atomic E-state index is 0.467. The molecule has 0 fully saturated rings. The topological polar surface area (TPSA) is 41.3 Å². The molecule has 19 heavy (non-hydrogen) atoms. The number of hydrogen-bond donors (Lipinski definition) is 1. The summed E-state index contributed by atoms with van der Waals surface area (Å²) in [6.07, 6.45) is 3.31. The SMILES string of the molecule is CCC(CSC)N(C)Cc1cc(CNC(C)C)no1. The Bertz CT molecular complexity index is 354. The van der Waals surface area contributed by atoms with Crippen molar-refractivity contribution in [3.63, 3.8) is 0 Å². The third-order valence-electron chi connectivity index (χ3n) is 3.16. The first-order valence-corrected chi connectivity index (χ1v) is 8.33. The van der Waals surface area contributed by atoms with E-state index >= 15 is 0 Å². The fraction of sp³-hybridized carbons (Fsp3) is 0.786. The van der Waals surface area contributed by atoms with Gasteiger partial charge in [-0.2, -0.15) is 11.8 Å². The van der Waals surface area contributed by atoms with E-state index < -0.39 is 0 Å². The van der Waals surface area contributed by atoms with Crippen LogP contribution in [0.1, 0.15) is 38.6 Å². The maximum atomic E-state index is 5.40. The van der Waals surface area contributed by atoms with E-state index in [4.69, 9.17) is 4.52 Å². The van der Waals surface area contributed by atoms with Crippen LogP contribution in [0.4, 0.5) is 0 Å². The van der Waals surface area contributed by atoms with Crippen molar-refractivity contribution in [2.75, 3.05) is 19.1 Å². The molecule has 0 radical (unpaired) electrons. The minimum Gasteiger partial charge on any atom is -0.360 e.